The minimum atomic E-state index is -0.360. The number of hydrogen-bond donors (Lipinski definition) is 2. The van der Waals surface area contributed by atoms with Gasteiger partial charge in [-0.05, 0) is 32.2 Å². The number of nitrogens with zero attached hydrogens (tertiary/aromatic N) is 4. The number of hydrogen-bond acceptors (Lipinski definition) is 7. The molecule has 9 heteroatoms. The molecule has 3 aromatic heterocycles. The summed E-state index contributed by atoms with van der Waals surface area (Å²) in [6.07, 6.45) is 0. The highest BCUT2D eigenvalue weighted by atomic mass is 32.2. The van der Waals surface area contributed by atoms with Crippen molar-refractivity contribution in [2.45, 2.75) is 31.2 Å². The monoisotopic (exact) mass is 362 g/mol. The molecule has 0 aromatic carbocycles. The van der Waals surface area contributed by atoms with Gasteiger partial charge in [0.2, 0.25) is 5.91 Å². The van der Waals surface area contributed by atoms with Crippen molar-refractivity contribution >= 4 is 50.7 Å². The zero-order valence-corrected chi connectivity index (χ0v) is 15.5. The molecule has 0 bridgehead atoms. The van der Waals surface area contributed by atoms with Crippen LogP contribution in [0.1, 0.15) is 18.3 Å². The van der Waals surface area contributed by atoms with Crippen LogP contribution >= 0.6 is 23.1 Å². The van der Waals surface area contributed by atoms with Crippen LogP contribution < -0.4 is 11.1 Å². The Labute approximate surface area is 147 Å². The van der Waals surface area contributed by atoms with Gasteiger partial charge >= 0.3 is 0 Å². The summed E-state index contributed by atoms with van der Waals surface area (Å²) in [5.41, 5.74) is 8.41. The zero-order valence-electron chi connectivity index (χ0n) is 13.8. The molecule has 0 radical (unpaired) electrons. The quantitative estimate of drug-likeness (QED) is 0.547. The summed E-state index contributed by atoms with van der Waals surface area (Å²) in [6.45, 7) is 5.61. The maximum Gasteiger partial charge on any atom is 0.237 e. The van der Waals surface area contributed by atoms with E-state index in [1.807, 2.05) is 39.3 Å². The molecule has 0 spiro atoms. The van der Waals surface area contributed by atoms with Crippen molar-refractivity contribution in [1.82, 2.24) is 19.7 Å². The van der Waals surface area contributed by atoms with E-state index in [0.29, 0.717) is 11.0 Å². The Morgan fingerprint density at radius 3 is 2.83 bits per heavy atom. The molecule has 24 heavy (non-hydrogen) atoms. The first-order valence-electron chi connectivity index (χ1n) is 7.35. The first kappa shape index (κ1) is 16.7. The van der Waals surface area contributed by atoms with Crippen molar-refractivity contribution in [2.24, 2.45) is 7.05 Å². The molecule has 0 fully saturated rings. The van der Waals surface area contributed by atoms with Crippen LogP contribution in [0.3, 0.4) is 0 Å². The van der Waals surface area contributed by atoms with E-state index in [4.69, 9.17) is 5.73 Å². The number of nitrogens with one attached hydrogen (secondary N) is 1. The molecule has 3 rings (SSSR count). The van der Waals surface area contributed by atoms with Crippen LogP contribution in [0.25, 0.3) is 10.2 Å². The number of thiophene rings is 1. The third kappa shape index (κ3) is 3.09. The molecule has 3 heterocycles. The van der Waals surface area contributed by atoms with E-state index >= 15 is 0 Å². The van der Waals surface area contributed by atoms with E-state index in [1.165, 1.54) is 23.1 Å². The predicted molar refractivity (Wildman–Crippen MR) is 98.5 cm³/mol. The SMILES string of the molecule is Cc1nn(C)c(C)c1NC(=O)C(C)Sc1nc(N)c2ccsc2n1. The van der Waals surface area contributed by atoms with Crippen LogP contribution in [-0.4, -0.2) is 30.9 Å². The van der Waals surface area contributed by atoms with E-state index < -0.39 is 0 Å². The van der Waals surface area contributed by atoms with Gasteiger partial charge in [0.25, 0.3) is 0 Å². The Morgan fingerprint density at radius 1 is 1.42 bits per heavy atom. The van der Waals surface area contributed by atoms with Gasteiger partial charge in [-0.2, -0.15) is 5.10 Å². The fraction of sp³-hybridized carbons (Fsp3) is 0.333. The lowest BCUT2D eigenvalue weighted by Crippen LogP contribution is -2.23. The van der Waals surface area contributed by atoms with Crippen LogP contribution in [0, 0.1) is 13.8 Å². The van der Waals surface area contributed by atoms with Crippen LogP contribution in [0.5, 0.6) is 0 Å². The van der Waals surface area contributed by atoms with Gasteiger partial charge in [0, 0.05) is 7.05 Å². The van der Waals surface area contributed by atoms with Crippen molar-refractivity contribution in [3.8, 4) is 0 Å². The third-order valence-electron chi connectivity index (χ3n) is 3.74. The standard InChI is InChI=1S/C15H18N6OS2/c1-7-11(8(2)21(4)20-7)17-13(22)9(3)24-15-18-12(16)10-5-6-23-14(10)19-15/h5-6,9H,1-4H3,(H,17,22)(H2,16,18,19). The van der Waals surface area contributed by atoms with E-state index in [0.717, 1.165) is 27.3 Å². The first-order valence-corrected chi connectivity index (χ1v) is 9.11. The smallest absolute Gasteiger partial charge is 0.237 e. The van der Waals surface area contributed by atoms with Crippen LogP contribution in [0.4, 0.5) is 11.5 Å². The summed E-state index contributed by atoms with van der Waals surface area (Å²) in [5.74, 6) is 0.322. The Bertz CT molecular complexity index is 916. The van der Waals surface area contributed by atoms with Crippen molar-refractivity contribution in [2.75, 3.05) is 11.1 Å². The highest BCUT2D eigenvalue weighted by Crippen LogP contribution is 2.29. The number of aromatic nitrogens is 4. The largest absolute Gasteiger partial charge is 0.383 e. The average Bonchev–Trinajstić information content (AvgIpc) is 3.08. The molecule has 126 valence electrons. The number of aryl methyl sites for hydroxylation is 2. The Balaban J connectivity index is 1.75. The van der Waals surface area contributed by atoms with Gasteiger partial charge < -0.3 is 11.1 Å². The molecule has 0 aliphatic carbocycles. The molecular formula is C15H18N6OS2. The maximum absolute atomic E-state index is 12.5. The molecule has 1 atom stereocenters. The normalized spacial score (nSPS) is 12.5. The summed E-state index contributed by atoms with van der Waals surface area (Å²) in [5, 5.41) is 10.2. The van der Waals surface area contributed by atoms with Gasteiger partial charge in [0.15, 0.2) is 5.16 Å². The van der Waals surface area contributed by atoms with Crippen molar-refractivity contribution < 1.29 is 4.79 Å². The highest BCUT2D eigenvalue weighted by Gasteiger charge is 2.20. The number of nitrogens with two attached hydrogens (primary N) is 1. The van der Waals surface area contributed by atoms with Gasteiger partial charge in [-0.1, -0.05) is 11.8 Å². The van der Waals surface area contributed by atoms with E-state index in [9.17, 15) is 4.79 Å². The lowest BCUT2D eigenvalue weighted by molar-refractivity contribution is -0.115. The number of fused-ring (bicyclic) bond motifs is 1. The van der Waals surface area contributed by atoms with Crippen LogP contribution in [0.2, 0.25) is 0 Å². The molecule has 3 aromatic rings. The number of carbonyl (C=O) groups is 1. The highest BCUT2D eigenvalue weighted by molar-refractivity contribution is 8.00. The summed E-state index contributed by atoms with van der Waals surface area (Å²) >= 11 is 2.79. The van der Waals surface area contributed by atoms with Gasteiger partial charge in [0.1, 0.15) is 10.6 Å². The van der Waals surface area contributed by atoms with Crippen LogP contribution in [-0.2, 0) is 11.8 Å². The van der Waals surface area contributed by atoms with Gasteiger partial charge in [-0.25, -0.2) is 9.97 Å². The summed E-state index contributed by atoms with van der Waals surface area (Å²) in [6, 6.07) is 1.90. The minimum absolute atomic E-state index is 0.118. The number of nitrogen functional groups attached to an aromatic ring is 1. The molecule has 0 saturated heterocycles. The lowest BCUT2D eigenvalue weighted by Gasteiger charge is -2.11. The summed E-state index contributed by atoms with van der Waals surface area (Å²) < 4.78 is 1.75. The zero-order chi connectivity index (χ0) is 17.4. The molecule has 7 nitrogen and oxygen atoms in total. The third-order valence-corrected chi connectivity index (χ3v) is 5.51. The Hall–Kier alpha value is -2.13. The summed E-state index contributed by atoms with van der Waals surface area (Å²) in [7, 11) is 1.85. The average molecular weight is 362 g/mol. The van der Waals surface area contributed by atoms with E-state index in [1.54, 1.807) is 4.68 Å². The maximum atomic E-state index is 12.5. The molecule has 1 unspecified atom stereocenters. The number of rotatable bonds is 4. The van der Waals surface area contributed by atoms with E-state index in [2.05, 4.69) is 20.4 Å². The van der Waals surface area contributed by atoms with Crippen LogP contribution in [0.15, 0.2) is 16.6 Å². The lowest BCUT2D eigenvalue weighted by atomic mass is 10.3. The second kappa shape index (κ2) is 6.40. The molecule has 0 aliphatic rings. The van der Waals surface area contributed by atoms with Crippen molar-refractivity contribution in [1.29, 1.82) is 0 Å². The minimum Gasteiger partial charge on any atom is -0.383 e. The number of thioether (sulfide) groups is 1. The first-order chi connectivity index (χ1) is 11.4. The number of anilines is 2. The fourth-order valence-corrected chi connectivity index (χ4v) is 3.91. The number of carbonyl (C=O) groups excluding carboxylic acids is 1. The van der Waals surface area contributed by atoms with Gasteiger partial charge in [-0.15, -0.1) is 11.3 Å². The second-order valence-corrected chi connectivity index (χ2v) is 7.65. The number of amides is 1. The molecular weight excluding hydrogens is 344 g/mol. The van der Waals surface area contributed by atoms with Crippen molar-refractivity contribution in [3.63, 3.8) is 0 Å². The van der Waals surface area contributed by atoms with E-state index in [-0.39, 0.29) is 11.2 Å². The topological polar surface area (TPSA) is 98.7 Å². The predicted octanol–water partition coefficient (Wildman–Crippen LogP) is 2.74. The van der Waals surface area contributed by atoms with Gasteiger partial charge in [-0.3, -0.25) is 9.48 Å². The second-order valence-electron chi connectivity index (χ2n) is 5.45. The molecule has 1 amide bonds. The molecule has 3 N–H and O–H groups in total. The van der Waals surface area contributed by atoms with Gasteiger partial charge in [0.05, 0.1) is 27.7 Å². The fourth-order valence-electron chi connectivity index (χ4n) is 2.30. The Morgan fingerprint density at radius 2 is 2.17 bits per heavy atom. The summed E-state index contributed by atoms with van der Waals surface area (Å²) in [4.78, 5) is 22.0. The Kier molecular flexibility index (Phi) is 4.46. The van der Waals surface area contributed by atoms with Crippen molar-refractivity contribution in [3.05, 3.63) is 22.8 Å². The molecule has 0 saturated carbocycles. The molecule has 0 aliphatic heterocycles.